The molecule has 88 valence electrons. The average molecular weight is 345 g/mol. The van der Waals surface area contributed by atoms with Crippen LogP contribution in [-0.2, 0) is 0 Å². The molecule has 0 radical (unpaired) electrons. The lowest BCUT2D eigenvalue weighted by atomic mass is 10.2. The molecule has 1 aromatic carbocycles. The summed E-state index contributed by atoms with van der Waals surface area (Å²) in [6.07, 6.45) is 1.31. The minimum absolute atomic E-state index is 0.225. The highest BCUT2D eigenvalue weighted by Crippen LogP contribution is 2.22. The Kier molecular flexibility index (Phi) is 3.41. The van der Waals surface area contributed by atoms with Crippen molar-refractivity contribution in [2.45, 2.75) is 6.92 Å². The van der Waals surface area contributed by atoms with Crippen LogP contribution in [0.1, 0.15) is 5.56 Å². The van der Waals surface area contributed by atoms with Crippen molar-refractivity contribution in [1.82, 2.24) is 9.97 Å². The van der Waals surface area contributed by atoms with Crippen molar-refractivity contribution in [3.05, 3.63) is 49.8 Å². The predicted molar refractivity (Wildman–Crippen MR) is 72.0 cm³/mol. The maximum absolute atomic E-state index is 13.3. The number of benzene rings is 1. The Bertz CT molecular complexity index is 612. The Morgan fingerprint density at radius 3 is 3.00 bits per heavy atom. The van der Waals surface area contributed by atoms with E-state index in [0.29, 0.717) is 20.6 Å². The van der Waals surface area contributed by atoms with E-state index >= 15 is 0 Å². The molecule has 0 amide bonds. The lowest BCUT2D eigenvalue weighted by molar-refractivity contribution is 0.619. The highest BCUT2D eigenvalue weighted by atomic mass is 127. The standard InChI is InChI=1S/C11H9FIN3O/c1-6-7(12)3-2-4-8(6)16-10-9(13)11(17)15-5-14-10/h2-5H,1H3,(H2,14,15,16,17). The second-order valence-corrected chi connectivity index (χ2v) is 4.51. The lowest BCUT2D eigenvalue weighted by Gasteiger charge is -2.09. The third-order valence-electron chi connectivity index (χ3n) is 2.32. The molecule has 2 N–H and O–H groups in total. The van der Waals surface area contributed by atoms with Crippen LogP contribution in [0.15, 0.2) is 29.3 Å². The van der Waals surface area contributed by atoms with Gasteiger partial charge in [0.05, 0.1) is 6.33 Å². The van der Waals surface area contributed by atoms with Gasteiger partial charge in [0.1, 0.15) is 9.39 Å². The van der Waals surface area contributed by atoms with Gasteiger partial charge in [0.2, 0.25) is 0 Å². The molecule has 0 spiro atoms. The van der Waals surface area contributed by atoms with Crippen LogP contribution >= 0.6 is 22.6 Å². The van der Waals surface area contributed by atoms with Crippen molar-refractivity contribution in [2.24, 2.45) is 0 Å². The van der Waals surface area contributed by atoms with Crippen LogP contribution in [0.4, 0.5) is 15.9 Å². The molecule has 0 saturated heterocycles. The number of aromatic nitrogens is 2. The van der Waals surface area contributed by atoms with Crippen molar-refractivity contribution in [3.63, 3.8) is 0 Å². The molecule has 2 rings (SSSR count). The van der Waals surface area contributed by atoms with E-state index in [4.69, 9.17) is 0 Å². The first-order chi connectivity index (χ1) is 8.09. The van der Waals surface area contributed by atoms with Gasteiger partial charge in [-0.15, -0.1) is 0 Å². The maximum atomic E-state index is 13.3. The number of H-pyrrole nitrogens is 1. The second-order valence-electron chi connectivity index (χ2n) is 3.43. The molecule has 0 fully saturated rings. The summed E-state index contributed by atoms with van der Waals surface area (Å²) in [7, 11) is 0. The molecular weight excluding hydrogens is 336 g/mol. The van der Waals surface area contributed by atoms with Crippen LogP contribution in [-0.4, -0.2) is 9.97 Å². The monoisotopic (exact) mass is 345 g/mol. The summed E-state index contributed by atoms with van der Waals surface area (Å²) in [5.74, 6) is 0.123. The Morgan fingerprint density at radius 2 is 2.24 bits per heavy atom. The fraction of sp³-hybridized carbons (Fsp3) is 0.0909. The smallest absolute Gasteiger partial charge is 0.266 e. The number of nitrogens with one attached hydrogen (secondary N) is 2. The molecule has 0 atom stereocenters. The molecule has 0 aliphatic heterocycles. The van der Waals surface area contributed by atoms with Crippen molar-refractivity contribution in [2.75, 3.05) is 5.32 Å². The van der Waals surface area contributed by atoms with Gasteiger partial charge < -0.3 is 10.3 Å². The number of nitrogens with zero attached hydrogens (tertiary/aromatic N) is 1. The first-order valence-electron chi connectivity index (χ1n) is 4.85. The number of rotatable bonds is 2. The highest BCUT2D eigenvalue weighted by Gasteiger charge is 2.08. The molecule has 6 heteroatoms. The quantitative estimate of drug-likeness (QED) is 0.823. The minimum Gasteiger partial charge on any atom is -0.339 e. The van der Waals surface area contributed by atoms with E-state index in [1.165, 1.54) is 12.4 Å². The predicted octanol–water partition coefficient (Wildman–Crippen LogP) is 2.57. The van der Waals surface area contributed by atoms with Crippen molar-refractivity contribution in [3.8, 4) is 0 Å². The number of hydrogen-bond acceptors (Lipinski definition) is 3. The highest BCUT2D eigenvalue weighted by molar-refractivity contribution is 14.1. The third kappa shape index (κ3) is 2.46. The Balaban J connectivity index is 2.42. The van der Waals surface area contributed by atoms with E-state index in [-0.39, 0.29) is 11.4 Å². The maximum Gasteiger partial charge on any atom is 0.266 e. The fourth-order valence-corrected chi connectivity index (χ4v) is 1.77. The number of halogens is 2. The Labute approximate surface area is 110 Å². The van der Waals surface area contributed by atoms with Crippen LogP contribution in [0.25, 0.3) is 0 Å². The summed E-state index contributed by atoms with van der Waals surface area (Å²) in [6, 6.07) is 4.72. The molecule has 2 aromatic rings. The largest absolute Gasteiger partial charge is 0.339 e. The molecular formula is C11H9FIN3O. The van der Waals surface area contributed by atoms with Crippen LogP contribution in [0.3, 0.4) is 0 Å². The third-order valence-corrected chi connectivity index (χ3v) is 3.32. The van der Waals surface area contributed by atoms with Gasteiger partial charge in [0, 0.05) is 11.3 Å². The van der Waals surface area contributed by atoms with E-state index in [1.807, 2.05) is 22.6 Å². The van der Waals surface area contributed by atoms with Gasteiger partial charge in [-0.2, -0.15) is 0 Å². The molecule has 1 heterocycles. The van der Waals surface area contributed by atoms with Gasteiger partial charge in [-0.1, -0.05) is 6.07 Å². The summed E-state index contributed by atoms with van der Waals surface area (Å²) in [6.45, 7) is 1.66. The van der Waals surface area contributed by atoms with Gasteiger partial charge in [-0.3, -0.25) is 4.79 Å². The summed E-state index contributed by atoms with van der Waals surface area (Å²) < 4.78 is 13.8. The molecule has 0 aliphatic carbocycles. The summed E-state index contributed by atoms with van der Waals surface area (Å²) in [5, 5.41) is 2.94. The Hall–Kier alpha value is -1.44. The zero-order valence-electron chi connectivity index (χ0n) is 8.92. The van der Waals surface area contributed by atoms with Crippen molar-refractivity contribution in [1.29, 1.82) is 0 Å². The summed E-state index contributed by atoms with van der Waals surface area (Å²) >= 11 is 1.89. The molecule has 1 aromatic heterocycles. The fourth-order valence-electron chi connectivity index (χ4n) is 1.34. The van der Waals surface area contributed by atoms with E-state index in [9.17, 15) is 9.18 Å². The SMILES string of the molecule is Cc1c(F)cccc1Nc1nc[nH]c(=O)c1I. The zero-order valence-corrected chi connectivity index (χ0v) is 11.1. The van der Waals surface area contributed by atoms with Gasteiger partial charge in [-0.05, 0) is 41.6 Å². The first kappa shape index (κ1) is 12.0. The number of anilines is 2. The van der Waals surface area contributed by atoms with Gasteiger partial charge in [0.25, 0.3) is 5.56 Å². The molecule has 0 unspecified atom stereocenters. The van der Waals surface area contributed by atoms with Gasteiger partial charge >= 0.3 is 0 Å². The summed E-state index contributed by atoms with van der Waals surface area (Å²) in [4.78, 5) is 17.8. The first-order valence-corrected chi connectivity index (χ1v) is 5.93. The molecule has 0 aliphatic rings. The topological polar surface area (TPSA) is 57.8 Å². The summed E-state index contributed by atoms with van der Waals surface area (Å²) in [5.41, 5.74) is 0.864. The van der Waals surface area contributed by atoms with Gasteiger partial charge in [-0.25, -0.2) is 9.37 Å². The normalized spacial score (nSPS) is 10.3. The number of aromatic amines is 1. The van der Waals surface area contributed by atoms with E-state index in [2.05, 4.69) is 15.3 Å². The van der Waals surface area contributed by atoms with Gasteiger partial charge in [0.15, 0.2) is 5.82 Å². The van der Waals surface area contributed by atoms with E-state index in [1.54, 1.807) is 19.1 Å². The van der Waals surface area contributed by atoms with Crippen LogP contribution in [0.2, 0.25) is 0 Å². The zero-order chi connectivity index (χ0) is 12.4. The van der Waals surface area contributed by atoms with Crippen molar-refractivity contribution < 1.29 is 4.39 Å². The minimum atomic E-state index is -0.296. The average Bonchev–Trinajstić information content (AvgIpc) is 2.31. The molecule has 0 bridgehead atoms. The van der Waals surface area contributed by atoms with E-state index < -0.39 is 0 Å². The molecule has 0 saturated carbocycles. The number of hydrogen-bond donors (Lipinski definition) is 2. The van der Waals surface area contributed by atoms with Crippen LogP contribution < -0.4 is 10.9 Å². The van der Waals surface area contributed by atoms with E-state index in [0.717, 1.165) is 0 Å². The van der Waals surface area contributed by atoms with Crippen LogP contribution in [0, 0.1) is 16.3 Å². The Morgan fingerprint density at radius 1 is 1.47 bits per heavy atom. The lowest BCUT2D eigenvalue weighted by Crippen LogP contribution is -2.13. The molecule has 17 heavy (non-hydrogen) atoms. The second kappa shape index (κ2) is 4.82. The molecule has 4 nitrogen and oxygen atoms in total. The van der Waals surface area contributed by atoms with Crippen LogP contribution in [0.5, 0.6) is 0 Å². The van der Waals surface area contributed by atoms with Crippen molar-refractivity contribution >= 4 is 34.1 Å².